The van der Waals surface area contributed by atoms with Gasteiger partial charge in [-0.15, -0.1) is 0 Å². The number of carbonyl (C=O) groups excluding carboxylic acids is 1. The third kappa shape index (κ3) is 5.19. The summed E-state index contributed by atoms with van der Waals surface area (Å²) in [7, 11) is 0. The van der Waals surface area contributed by atoms with Crippen molar-refractivity contribution in [3.63, 3.8) is 0 Å². The van der Waals surface area contributed by atoms with Crippen LogP contribution in [0.2, 0.25) is 0 Å². The van der Waals surface area contributed by atoms with Gasteiger partial charge in [0, 0.05) is 16.8 Å². The number of hydrogen-bond donors (Lipinski definition) is 1. The molecule has 168 valence electrons. The molecule has 3 aromatic carbocycles. The number of rotatable bonds is 6. The van der Waals surface area contributed by atoms with Crippen LogP contribution in [0.3, 0.4) is 0 Å². The van der Waals surface area contributed by atoms with Crippen LogP contribution in [0.15, 0.2) is 90.0 Å². The van der Waals surface area contributed by atoms with Gasteiger partial charge in [-0.2, -0.15) is 5.26 Å². The zero-order valence-electron chi connectivity index (χ0n) is 19.4. The molecule has 1 heterocycles. The summed E-state index contributed by atoms with van der Waals surface area (Å²) in [5.41, 5.74) is 6.90. The molecule has 0 aliphatic carbocycles. The first-order valence-corrected chi connectivity index (χ1v) is 11.9. The first kappa shape index (κ1) is 23.3. The standard InChI is InChI=1S/C29H25N3OS/c1-19-13-15-23(16-14-19)27-17-24(22-10-5-4-6-11-22)25(18-30)29(32-27)34-21(3)28(33)31-26-12-8-7-9-20(26)2/h4-17,21H,1-3H3,(H,31,33)/t21-/m0/s1. The lowest BCUT2D eigenvalue weighted by Crippen LogP contribution is -2.23. The fourth-order valence-electron chi connectivity index (χ4n) is 3.60. The number of nitriles is 1. The van der Waals surface area contributed by atoms with Crippen LogP contribution in [0.4, 0.5) is 5.69 Å². The van der Waals surface area contributed by atoms with E-state index in [-0.39, 0.29) is 5.91 Å². The van der Waals surface area contributed by atoms with E-state index in [1.807, 2.05) is 106 Å². The molecule has 0 spiro atoms. The Bertz CT molecular complexity index is 1360. The Morgan fingerprint density at radius 1 is 0.941 bits per heavy atom. The molecule has 0 radical (unpaired) electrons. The fraction of sp³-hybridized carbons (Fsp3) is 0.138. The normalized spacial score (nSPS) is 11.5. The minimum Gasteiger partial charge on any atom is -0.325 e. The maximum atomic E-state index is 13.0. The van der Waals surface area contributed by atoms with Gasteiger partial charge in [0.05, 0.1) is 16.5 Å². The lowest BCUT2D eigenvalue weighted by molar-refractivity contribution is -0.115. The molecule has 1 amide bonds. The summed E-state index contributed by atoms with van der Waals surface area (Å²) in [5.74, 6) is -0.132. The number of amides is 1. The van der Waals surface area contributed by atoms with E-state index in [0.717, 1.165) is 39.2 Å². The van der Waals surface area contributed by atoms with Crippen LogP contribution in [0.25, 0.3) is 22.4 Å². The van der Waals surface area contributed by atoms with Gasteiger partial charge in [-0.3, -0.25) is 4.79 Å². The number of benzene rings is 3. The van der Waals surface area contributed by atoms with Gasteiger partial charge in [0.2, 0.25) is 5.91 Å². The molecule has 0 saturated carbocycles. The van der Waals surface area contributed by atoms with Gasteiger partial charge in [0.1, 0.15) is 11.1 Å². The number of nitrogens with one attached hydrogen (secondary N) is 1. The van der Waals surface area contributed by atoms with Crippen LogP contribution in [-0.2, 0) is 4.79 Å². The summed E-state index contributed by atoms with van der Waals surface area (Å²) in [4.78, 5) is 17.8. The van der Waals surface area contributed by atoms with Crippen LogP contribution in [-0.4, -0.2) is 16.1 Å². The van der Waals surface area contributed by atoms with Crippen LogP contribution < -0.4 is 5.32 Å². The molecule has 4 aromatic rings. The second kappa shape index (κ2) is 10.4. The highest BCUT2D eigenvalue weighted by atomic mass is 32.2. The molecule has 1 N–H and O–H groups in total. The third-order valence-electron chi connectivity index (χ3n) is 5.59. The number of aryl methyl sites for hydroxylation is 2. The van der Waals surface area contributed by atoms with E-state index in [0.29, 0.717) is 10.6 Å². The molecule has 0 aliphatic heterocycles. The maximum absolute atomic E-state index is 13.0. The maximum Gasteiger partial charge on any atom is 0.237 e. The van der Waals surface area contributed by atoms with Gasteiger partial charge >= 0.3 is 0 Å². The monoisotopic (exact) mass is 463 g/mol. The Morgan fingerprint density at radius 2 is 1.62 bits per heavy atom. The predicted molar refractivity (Wildman–Crippen MR) is 140 cm³/mol. The number of nitrogens with zero attached hydrogens (tertiary/aromatic N) is 2. The number of carbonyl (C=O) groups is 1. The van der Waals surface area contributed by atoms with Gasteiger partial charge in [-0.05, 0) is 44.0 Å². The molecule has 0 saturated heterocycles. The molecule has 5 heteroatoms. The summed E-state index contributed by atoms with van der Waals surface area (Å²) in [5, 5.41) is 13.2. The Labute approximate surface area is 204 Å². The van der Waals surface area contributed by atoms with Crippen molar-refractivity contribution in [1.29, 1.82) is 5.26 Å². The molecule has 1 aromatic heterocycles. The summed E-state index contributed by atoms with van der Waals surface area (Å²) < 4.78 is 0. The molecule has 0 bridgehead atoms. The number of anilines is 1. The molecule has 4 rings (SSSR count). The first-order chi connectivity index (χ1) is 16.5. The van der Waals surface area contributed by atoms with E-state index < -0.39 is 5.25 Å². The second-order valence-corrected chi connectivity index (χ2v) is 9.47. The predicted octanol–water partition coefficient (Wildman–Crippen LogP) is 7.02. The average Bonchev–Trinajstić information content (AvgIpc) is 2.86. The molecule has 34 heavy (non-hydrogen) atoms. The summed E-state index contributed by atoms with van der Waals surface area (Å²) in [6.07, 6.45) is 0. The van der Waals surface area contributed by atoms with Crippen molar-refractivity contribution in [3.8, 4) is 28.5 Å². The highest BCUT2D eigenvalue weighted by Crippen LogP contribution is 2.36. The lowest BCUT2D eigenvalue weighted by Gasteiger charge is -2.16. The number of aromatic nitrogens is 1. The van der Waals surface area contributed by atoms with Gasteiger partial charge in [0.25, 0.3) is 0 Å². The van der Waals surface area contributed by atoms with Crippen molar-refractivity contribution in [1.82, 2.24) is 4.98 Å². The molecule has 4 nitrogen and oxygen atoms in total. The molecular formula is C29H25N3OS. The smallest absolute Gasteiger partial charge is 0.237 e. The largest absolute Gasteiger partial charge is 0.325 e. The molecule has 1 atom stereocenters. The minimum absolute atomic E-state index is 0.132. The highest BCUT2D eigenvalue weighted by molar-refractivity contribution is 8.00. The van der Waals surface area contributed by atoms with Crippen molar-refractivity contribution in [3.05, 3.63) is 102 Å². The average molecular weight is 464 g/mol. The van der Waals surface area contributed by atoms with Crippen LogP contribution in [0.1, 0.15) is 23.6 Å². The Morgan fingerprint density at radius 3 is 2.29 bits per heavy atom. The van der Waals surface area contributed by atoms with E-state index in [1.54, 1.807) is 0 Å². The van der Waals surface area contributed by atoms with E-state index in [9.17, 15) is 10.1 Å². The number of thioether (sulfide) groups is 1. The van der Waals surface area contributed by atoms with Crippen molar-refractivity contribution < 1.29 is 4.79 Å². The number of para-hydroxylation sites is 1. The topological polar surface area (TPSA) is 65.8 Å². The zero-order chi connectivity index (χ0) is 24.1. The summed E-state index contributed by atoms with van der Waals surface area (Å²) in [6, 6.07) is 29.9. The van der Waals surface area contributed by atoms with Crippen molar-refractivity contribution in [2.45, 2.75) is 31.0 Å². The van der Waals surface area contributed by atoms with Crippen LogP contribution in [0, 0.1) is 25.2 Å². The highest BCUT2D eigenvalue weighted by Gasteiger charge is 2.21. The molecule has 0 fully saturated rings. The summed E-state index contributed by atoms with van der Waals surface area (Å²) in [6.45, 7) is 5.84. The number of hydrogen-bond acceptors (Lipinski definition) is 4. The lowest BCUT2D eigenvalue weighted by atomic mass is 9.99. The molecule has 0 aliphatic rings. The van der Waals surface area contributed by atoms with Gasteiger partial charge in [-0.25, -0.2) is 4.98 Å². The van der Waals surface area contributed by atoms with Gasteiger partial charge in [0.15, 0.2) is 0 Å². The summed E-state index contributed by atoms with van der Waals surface area (Å²) >= 11 is 1.30. The van der Waals surface area contributed by atoms with Gasteiger partial charge < -0.3 is 5.32 Å². The van der Waals surface area contributed by atoms with Crippen molar-refractivity contribution in [2.24, 2.45) is 0 Å². The minimum atomic E-state index is -0.448. The molecular weight excluding hydrogens is 438 g/mol. The first-order valence-electron chi connectivity index (χ1n) is 11.1. The van der Waals surface area contributed by atoms with E-state index in [4.69, 9.17) is 4.98 Å². The van der Waals surface area contributed by atoms with E-state index in [2.05, 4.69) is 11.4 Å². The van der Waals surface area contributed by atoms with Crippen LogP contribution >= 0.6 is 11.8 Å². The van der Waals surface area contributed by atoms with Crippen LogP contribution in [0.5, 0.6) is 0 Å². The van der Waals surface area contributed by atoms with Crippen molar-refractivity contribution in [2.75, 3.05) is 5.32 Å². The Balaban J connectivity index is 1.73. The molecule has 0 unspecified atom stereocenters. The Hall–Kier alpha value is -3.88. The second-order valence-electron chi connectivity index (χ2n) is 8.14. The number of pyridine rings is 1. The van der Waals surface area contributed by atoms with Gasteiger partial charge in [-0.1, -0.05) is 90.1 Å². The zero-order valence-corrected chi connectivity index (χ0v) is 20.2. The van der Waals surface area contributed by atoms with Crippen molar-refractivity contribution >= 4 is 23.4 Å². The van der Waals surface area contributed by atoms with E-state index >= 15 is 0 Å². The Kier molecular flexibility index (Phi) is 7.10. The quantitative estimate of drug-likeness (QED) is 0.312. The SMILES string of the molecule is Cc1ccc(-c2cc(-c3ccccc3)c(C#N)c(S[C@@H](C)C(=O)Nc3ccccc3C)n2)cc1. The van der Waals surface area contributed by atoms with E-state index in [1.165, 1.54) is 11.8 Å². The third-order valence-corrected chi connectivity index (χ3v) is 6.68. The fourth-order valence-corrected chi connectivity index (χ4v) is 4.53.